The zero-order valence-corrected chi connectivity index (χ0v) is 9.39. The molecule has 0 bridgehead atoms. The highest BCUT2D eigenvalue weighted by Gasteiger charge is 2.17. The molecule has 0 aliphatic carbocycles. The summed E-state index contributed by atoms with van der Waals surface area (Å²) >= 11 is 0. The number of nitrogens with zero attached hydrogens (tertiary/aromatic N) is 2. The third-order valence-electron chi connectivity index (χ3n) is 2.99. The fourth-order valence-corrected chi connectivity index (χ4v) is 2.14. The molecule has 1 unspecified atom stereocenters. The molecule has 1 aliphatic rings. The number of piperidine rings is 1. The first-order valence-electron chi connectivity index (χ1n) is 5.60. The number of carboxylic acids is 1. The molecule has 0 aromatic carbocycles. The Labute approximate surface area is 94.9 Å². The standard InChI is InChI=1S/C12H16N2O2/c1-9-3-2-4-14(8-9)11-5-10(12(15)16)6-13-7-11/h5-7,9H,2-4,8H2,1H3,(H,15,16). The molecule has 1 fully saturated rings. The summed E-state index contributed by atoms with van der Waals surface area (Å²) in [7, 11) is 0. The maximum Gasteiger partial charge on any atom is 0.337 e. The normalized spacial score (nSPS) is 20.8. The van der Waals surface area contributed by atoms with E-state index in [0.29, 0.717) is 5.92 Å². The lowest BCUT2D eigenvalue weighted by atomic mass is 10.00. The van der Waals surface area contributed by atoms with Gasteiger partial charge in [-0.05, 0) is 24.8 Å². The second kappa shape index (κ2) is 4.51. The maximum atomic E-state index is 10.8. The Kier molecular flexibility index (Phi) is 3.08. The number of aromatic nitrogens is 1. The minimum Gasteiger partial charge on any atom is -0.478 e. The van der Waals surface area contributed by atoms with Gasteiger partial charge in [0.1, 0.15) is 0 Å². The fraction of sp³-hybridized carbons (Fsp3) is 0.500. The highest BCUT2D eigenvalue weighted by atomic mass is 16.4. The van der Waals surface area contributed by atoms with Crippen LogP contribution in [0.3, 0.4) is 0 Å². The van der Waals surface area contributed by atoms with Gasteiger partial charge < -0.3 is 10.0 Å². The van der Waals surface area contributed by atoms with E-state index < -0.39 is 5.97 Å². The van der Waals surface area contributed by atoms with E-state index in [2.05, 4.69) is 16.8 Å². The largest absolute Gasteiger partial charge is 0.478 e. The van der Waals surface area contributed by atoms with Gasteiger partial charge in [-0.25, -0.2) is 4.79 Å². The Morgan fingerprint density at radius 2 is 2.38 bits per heavy atom. The van der Waals surface area contributed by atoms with Crippen molar-refractivity contribution in [3.05, 3.63) is 24.0 Å². The van der Waals surface area contributed by atoms with Crippen LogP contribution in [-0.2, 0) is 0 Å². The van der Waals surface area contributed by atoms with Gasteiger partial charge >= 0.3 is 5.97 Å². The van der Waals surface area contributed by atoms with Crippen molar-refractivity contribution in [2.45, 2.75) is 19.8 Å². The highest BCUT2D eigenvalue weighted by Crippen LogP contribution is 2.22. The van der Waals surface area contributed by atoms with Crippen molar-refractivity contribution < 1.29 is 9.90 Å². The van der Waals surface area contributed by atoms with E-state index in [1.807, 2.05) is 0 Å². The first-order valence-corrected chi connectivity index (χ1v) is 5.60. The Balaban J connectivity index is 2.19. The molecule has 1 N–H and O–H groups in total. The number of carboxylic acid groups (broad SMARTS) is 1. The van der Waals surface area contributed by atoms with Crippen LogP contribution in [0.25, 0.3) is 0 Å². The molecule has 4 heteroatoms. The predicted molar refractivity (Wildman–Crippen MR) is 61.8 cm³/mol. The lowest BCUT2D eigenvalue weighted by Crippen LogP contribution is -2.34. The number of rotatable bonds is 2. The Hall–Kier alpha value is -1.58. The molecule has 0 spiro atoms. The number of anilines is 1. The molecule has 2 rings (SSSR count). The monoisotopic (exact) mass is 220 g/mol. The number of carbonyl (C=O) groups is 1. The summed E-state index contributed by atoms with van der Waals surface area (Å²) in [5, 5.41) is 8.90. The molecule has 86 valence electrons. The lowest BCUT2D eigenvalue weighted by Gasteiger charge is -2.32. The number of aromatic carboxylic acids is 1. The van der Waals surface area contributed by atoms with E-state index in [0.717, 1.165) is 18.8 Å². The van der Waals surface area contributed by atoms with Gasteiger partial charge in [0.15, 0.2) is 0 Å². The first kappa shape index (κ1) is 10.9. The van der Waals surface area contributed by atoms with Gasteiger partial charge in [0.25, 0.3) is 0 Å². The third kappa shape index (κ3) is 2.32. The van der Waals surface area contributed by atoms with E-state index >= 15 is 0 Å². The molecule has 1 atom stereocenters. The third-order valence-corrected chi connectivity index (χ3v) is 2.99. The van der Waals surface area contributed by atoms with Gasteiger partial charge in [-0.3, -0.25) is 4.98 Å². The molecular formula is C12H16N2O2. The van der Waals surface area contributed by atoms with Gasteiger partial charge in [-0.15, -0.1) is 0 Å². The molecule has 0 saturated carbocycles. The van der Waals surface area contributed by atoms with Crippen molar-refractivity contribution >= 4 is 11.7 Å². The SMILES string of the molecule is CC1CCCN(c2cncc(C(=O)O)c2)C1. The van der Waals surface area contributed by atoms with Crippen LogP contribution in [0.15, 0.2) is 18.5 Å². The lowest BCUT2D eigenvalue weighted by molar-refractivity contribution is 0.0696. The smallest absolute Gasteiger partial charge is 0.337 e. The predicted octanol–water partition coefficient (Wildman–Crippen LogP) is 2.02. The molecule has 4 nitrogen and oxygen atoms in total. The summed E-state index contributed by atoms with van der Waals surface area (Å²) in [5.74, 6) is -0.248. The van der Waals surface area contributed by atoms with Crippen LogP contribution >= 0.6 is 0 Å². The minimum absolute atomic E-state index is 0.260. The van der Waals surface area contributed by atoms with E-state index in [9.17, 15) is 4.79 Å². The zero-order chi connectivity index (χ0) is 11.5. The van der Waals surface area contributed by atoms with Gasteiger partial charge in [0.2, 0.25) is 0 Å². The van der Waals surface area contributed by atoms with Crippen molar-refractivity contribution in [3.8, 4) is 0 Å². The minimum atomic E-state index is -0.917. The van der Waals surface area contributed by atoms with Crippen LogP contribution in [-0.4, -0.2) is 29.1 Å². The van der Waals surface area contributed by atoms with Crippen molar-refractivity contribution in [1.82, 2.24) is 4.98 Å². The molecule has 1 aromatic rings. The van der Waals surface area contributed by atoms with E-state index in [-0.39, 0.29) is 5.56 Å². The quantitative estimate of drug-likeness (QED) is 0.828. The van der Waals surface area contributed by atoms with Crippen molar-refractivity contribution in [3.63, 3.8) is 0 Å². The molecule has 1 aliphatic heterocycles. The molecule has 16 heavy (non-hydrogen) atoms. The molecule has 2 heterocycles. The van der Waals surface area contributed by atoms with Crippen LogP contribution in [0.5, 0.6) is 0 Å². The van der Waals surface area contributed by atoms with Crippen LogP contribution in [0.2, 0.25) is 0 Å². The topological polar surface area (TPSA) is 53.4 Å². The molecule has 0 amide bonds. The number of hydrogen-bond acceptors (Lipinski definition) is 3. The summed E-state index contributed by atoms with van der Waals surface area (Å²) in [4.78, 5) is 17.0. The Morgan fingerprint density at radius 1 is 1.56 bits per heavy atom. The Bertz CT molecular complexity index is 392. The van der Waals surface area contributed by atoms with E-state index in [1.54, 1.807) is 12.3 Å². The van der Waals surface area contributed by atoms with Crippen LogP contribution in [0, 0.1) is 5.92 Å². The second-order valence-electron chi connectivity index (χ2n) is 4.43. The summed E-state index contributed by atoms with van der Waals surface area (Å²) in [5.41, 5.74) is 1.18. The van der Waals surface area contributed by atoms with E-state index in [1.165, 1.54) is 19.0 Å². The van der Waals surface area contributed by atoms with Crippen molar-refractivity contribution in [2.75, 3.05) is 18.0 Å². The number of pyridine rings is 1. The van der Waals surface area contributed by atoms with E-state index in [4.69, 9.17) is 5.11 Å². The zero-order valence-electron chi connectivity index (χ0n) is 9.39. The summed E-state index contributed by atoms with van der Waals surface area (Å²) in [6.45, 7) is 4.21. The van der Waals surface area contributed by atoms with Gasteiger partial charge in [-0.1, -0.05) is 6.92 Å². The highest BCUT2D eigenvalue weighted by molar-refractivity contribution is 5.88. The fourth-order valence-electron chi connectivity index (χ4n) is 2.14. The summed E-state index contributed by atoms with van der Waals surface area (Å²) < 4.78 is 0. The average Bonchev–Trinajstić information content (AvgIpc) is 2.29. The second-order valence-corrected chi connectivity index (χ2v) is 4.43. The van der Waals surface area contributed by atoms with Gasteiger partial charge in [0.05, 0.1) is 17.4 Å². The molecule has 1 aromatic heterocycles. The number of hydrogen-bond donors (Lipinski definition) is 1. The van der Waals surface area contributed by atoms with Gasteiger partial charge in [-0.2, -0.15) is 0 Å². The van der Waals surface area contributed by atoms with Crippen LogP contribution in [0.1, 0.15) is 30.1 Å². The van der Waals surface area contributed by atoms with Gasteiger partial charge in [0, 0.05) is 19.3 Å². The average molecular weight is 220 g/mol. The van der Waals surface area contributed by atoms with Crippen molar-refractivity contribution in [1.29, 1.82) is 0 Å². The molecule has 1 saturated heterocycles. The molecular weight excluding hydrogens is 204 g/mol. The van der Waals surface area contributed by atoms with Crippen LogP contribution in [0.4, 0.5) is 5.69 Å². The van der Waals surface area contributed by atoms with Crippen molar-refractivity contribution in [2.24, 2.45) is 5.92 Å². The summed E-state index contributed by atoms with van der Waals surface area (Å²) in [6.07, 6.45) is 5.55. The van der Waals surface area contributed by atoms with Crippen LogP contribution < -0.4 is 4.90 Å². The Morgan fingerprint density at radius 3 is 3.06 bits per heavy atom. The summed E-state index contributed by atoms with van der Waals surface area (Å²) in [6, 6.07) is 1.70. The maximum absolute atomic E-state index is 10.8. The first-order chi connectivity index (χ1) is 7.66. The molecule has 0 radical (unpaired) electrons.